The molecule has 0 aliphatic heterocycles. The lowest BCUT2D eigenvalue weighted by molar-refractivity contribution is 1.18. The fourth-order valence-electron chi connectivity index (χ4n) is 6.86. The quantitative estimate of drug-likeness (QED) is 0.196. The Kier molecular flexibility index (Phi) is 5.75. The number of benzene rings is 7. The Bertz CT molecular complexity index is 2470. The maximum Gasteiger partial charge on any atom is 0.0554 e. The molecule has 0 aliphatic carbocycles. The van der Waals surface area contributed by atoms with Crippen molar-refractivity contribution in [1.29, 1.82) is 0 Å². The topological polar surface area (TPSA) is 4.93 Å². The second-order valence-electron chi connectivity index (χ2n) is 11.3. The van der Waals surface area contributed by atoms with E-state index in [1.54, 1.807) is 0 Å². The van der Waals surface area contributed by atoms with Gasteiger partial charge in [-0.2, -0.15) is 0 Å². The first-order valence-corrected chi connectivity index (χ1v) is 15.8. The van der Waals surface area contributed by atoms with Crippen molar-refractivity contribution in [2.24, 2.45) is 0 Å². The van der Waals surface area contributed by atoms with Crippen LogP contribution >= 0.6 is 11.3 Å². The van der Waals surface area contributed by atoms with Gasteiger partial charge in [0, 0.05) is 42.2 Å². The molecule has 206 valence electrons. The van der Waals surface area contributed by atoms with Crippen LogP contribution in [-0.4, -0.2) is 4.57 Å². The predicted octanol–water partition coefficient (Wildman–Crippen LogP) is 12.2. The second-order valence-corrected chi connectivity index (χ2v) is 12.3. The minimum Gasteiger partial charge on any atom is -0.309 e. The van der Waals surface area contributed by atoms with Crippen molar-refractivity contribution in [3.8, 4) is 39.1 Å². The third kappa shape index (κ3) is 3.85. The van der Waals surface area contributed by atoms with Gasteiger partial charge in [0.25, 0.3) is 0 Å². The van der Waals surface area contributed by atoms with E-state index in [4.69, 9.17) is 0 Å². The molecular weight excluding hydrogens is 551 g/mol. The Morgan fingerprint density at radius 2 is 0.977 bits per heavy atom. The normalized spacial score (nSPS) is 11.6. The van der Waals surface area contributed by atoms with E-state index < -0.39 is 0 Å². The fourth-order valence-corrected chi connectivity index (χ4v) is 8.11. The highest BCUT2D eigenvalue weighted by Gasteiger charge is 2.21. The van der Waals surface area contributed by atoms with Crippen molar-refractivity contribution >= 4 is 53.3 Å². The molecule has 0 unspecified atom stereocenters. The van der Waals surface area contributed by atoms with Crippen LogP contribution in [0.3, 0.4) is 0 Å². The van der Waals surface area contributed by atoms with E-state index in [9.17, 15) is 0 Å². The van der Waals surface area contributed by atoms with Gasteiger partial charge in [-0.05, 0) is 58.1 Å². The largest absolute Gasteiger partial charge is 0.309 e. The van der Waals surface area contributed by atoms with Gasteiger partial charge in [-0.3, -0.25) is 0 Å². The molecule has 2 aromatic heterocycles. The molecule has 0 bridgehead atoms. The van der Waals surface area contributed by atoms with E-state index in [0.717, 1.165) is 5.69 Å². The Hall–Kier alpha value is -5.44. The third-order valence-corrected chi connectivity index (χ3v) is 10.0. The molecule has 2 heterocycles. The standard InChI is InChI=1S/C42H27NS/c1-3-13-28(14-4-1)32-17-7-8-18-33(32)29-23-25-31(26-24-29)43-37-21-11-9-20-35(37)41-38(43)27-36-34-19-10-12-22-39(34)44-42(36)40(41)30-15-5-2-6-16-30/h1-27H. The van der Waals surface area contributed by atoms with Crippen molar-refractivity contribution in [3.05, 3.63) is 164 Å². The molecular formula is C42H27NS. The molecule has 1 nitrogen and oxygen atoms in total. The van der Waals surface area contributed by atoms with E-state index >= 15 is 0 Å². The van der Waals surface area contributed by atoms with Gasteiger partial charge in [-0.15, -0.1) is 11.3 Å². The van der Waals surface area contributed by atoms with Crippen molar-refractivity contribution in [3.63, 3.8) is 0 Å². The summed E-state index contributed by atoms with van der Waals surface area (Å²) in [5.41, 5.74) is 11.1. The van der Waals surface area contributed by atoms with Crippen molar-refractivity contribution in [1.82, 2.24) is 4.57 Å². The highest BCUT2D eigenvalue weighted by molar-refractivity contribution is 7.26. The molecule has 0 N–H and O–H groups in total. The number of nitrogens with zero attached hydrogens (tertiary/aromatic N) is 1. The number of hydrogen-bond acceptors (Lipinski definition) is 1. The molecule has 9 rings (SSSR count). The first-order valence-electron chi connectivity index (χ1n) is 15.0. The van der Waals surface area contributed by atoms with Gasteiger partial charge < -0.3 is 4.57 Å². The van der Waals surface area contributed by atoms with Gasteiger partial charge in [-0.1, -0.05) is 133 Å². The van der Waals surface area contributed by atoms with Gasteiger partial charge in [0.15, 0.2) is 0 Å². The first-order chi connectivity index (χ1) is 21.8. The molecule has 0 radical (unpaired) electrons. The van der Waals surface area contributed by atoms with E-state index in [0.29, 0.717) is 0 Å². The molecule has 9 aromatic rings. The van der Waals surface area contributed by atoms with Gasteiger partial charge in [-0.25, -0.2) is 0 Å². The third-order valence-electron chi connectivity index (χ3n) is 8.81. The van der Waals surface area contributed by atoms with Crippen LogP contribution in [0.4, 0.5) is 0 Å². The minimum absolute atomic E-state index is 1.16. The molecule has 0 saturated heterocycles. The molecule has 0 spiro atoms. The van der Waals surface area contributed by atoms with Crippen molar-refractivity contribution in [2.75, 3.05) is 0 Å². The summed E-state index contributed by atoms with van der Waals surface area (Å²) in [5.74, 6) is 0. The molecule has 0 atom stereocenters. The van der Waals surface area contributed by atoms with E-state index in [2.05, 4.69) is 168 Å². The maximum absolute atomic E-state index is 2.45. The zero-order chi connectivity index (χ0) is 29.0. The Morgan fingerprint density at radius 1 is 0.409 bits per heavy atom. The molecule has 44 heavy (non-hydrogen) atoms. The highest BCUT2D eigenvalue weighted by atomic mass is 32.1. The SMILES string of the molecule is c1ccc(-c2ccccc2-c2ccc(-n3c4ccccc4c4c(-c5ccccc5)c5sc6ccccc6c5cc43)cc2)cc1. The first kappa shape index (κ1) is 25.1. The smallest absolute Gasteiger partial charge is 0.0554 e. The van der Waals surface area contributed by atoms with Crippen LogP contribution in [0.1, 0.15) is 0 Å². The van der Waals surface area contributed by atoms with Gasteiger partial charge in [0.1, 0.15) is 0 Å². The molecule has 0 aliphatic rings. The summed E-state index contributed by atoms with van der Waals surface area (Å²) in [5, 5.41) is 5.22. The van der Waals surface area contributed by atoms with Crippen LogP contribution in [0.15, 0.2) is 164 Å². The van der Waals surface area contributed by atoms with Crippen LogP contribution in [0, 0.1) is 0 Å². The van der Waals surface area contributed by atoms with Crippen LogP contribution in [0.2, 0.25) is 0 Å². The van der Waals surface area contributed by atoms with Gasteiger partial charge in [0.05, 0.1) is 11.0 Å². The number of para-hydroxylation sites is 1. The number of fused-ring (bicyclic) bond motifs is 6. The number of aromatic nitrogens is 1. The Labute approximate surface area is 259 Å². The lowest BCUT2D eigenvalue weighted by Crippen LogP contribution is -1.94. The molecule has 0 fully saturated rings. The Balaban J connectivity index is 1.32. The van der Waals surface area contributed by atoms with Crippen molar-refractivity contribution < 1.29 is 0 Å². The number of thiophene rings is 1. The predicted molar refractivity (Wildman–Crippen MR) is 190 cm³/mol. The summed E-state index contributed by atoms with van der Waals surface area (Å²) < 4.78 is 5.13. The van der Waals surface area contributed by atoms with E-state index in [-0.39, 0.29) is 0 Å². The Morgan fingerprint density at radius 3 is 1.70 bits per heavy atom. The summed E-state index contributed by atoms with van der Waals surface area (Å²) in [4.78, 5) is 0. The van der Waals surface area contributed by atoms with Crippen LogP contribution in [-0.2, 0) is 0 Å². The van der Waals surface area contributed by atoms with Gasteiger partial charge in [0.2, 0.25) is 0 Å². The summed E-state index contributed by atoms with van der Waals surface area (Å²) in [6, 6.07) is 59.5. The monoisotopic (exact) mass is 577 g/mol. The lowest BCUT2D eigenvalue weighted by Gasteiger charge is -2.13. The summed E-state index contributed by atoms with van der Waals surface area (Å²) in [6.07, 6.45) is 0. The van der Waals surface area contributed by atoms with E-state index in [1.807, 2.05) is 11.3 Å². The lowest BCUT2D eigenvalue weighted by atomic mass is 9.94. The zero-order valence-electron chi connectivity index (χ0n) is 23.9. The number of rotatable bonds is 4. The molecule has 7 aromatic carbocycles. The van der Waals surface area contributed by atoms with Crippen LogP contribution in [0.25, 0.3) is 81.0 Å². The van der Waals surface area contributed by atoms with Gasteiger partial charge >= 0.3 is 0 Å². The highest BCUT2D eigenvalue weighted by Crippen LogP contribution is 2.47. The molecule has 0 amide bonds. The average Bonchev–Trinajstić information content (AvgIpc) is 3.64. The van der Waals surface area contributed by atoms with Crippen LogP contribution < -0.4 is 0 Å². The van der Waals surface area contributed by atoms with Crippen molar-refractivity contribution in [2.45, 2.75) is 0 Å². The van der Waals surface area contributed by atoms with E-state index in [1.165, 1.54) is 75.4 Å². The minimum atomic E-state index is 1.16. The summed E-state index contributed by atoms with van der Waals surface area (Å²) in [6.45, 7) is 0. The average molecular weight is 578 g/mol. The fraction of sp³-hybridized carbons (Fsp3) is 0. The second kappa shape index (κ2) is 10.1. The van der Waals surface area contributed by atoms with Crippen LogP contribution in [0.5, 0.6) is 0 Å². The summed E-state index contributed by atoms with van der Waals surface area (Å²) in [7, 11) is 0. The summed E-state index contributed by atoms with van der Waals surface area (Å²) >= 11 is 1.90. The molecule has 0 saturated carbocycles. The number of hydrogen-bond donors (Lipinski definition) is 0. The molecule has 2 heteroatoms. The zero-order valence-corrected chi connectivity index (χ0v) is 24.8. The maximum atomic E-state index is 2.45.